The fourth-order valence-corrected chi connectivity index (χ4v) is 2.92. The van der Waals surface area contributed by atoms with E-state index in [1.54, 1.807) is 0 Å². The van der Waals surface area contributed by atoms with Gasteiger partial charge in [0.15, 0.2) is 0 Å². The molecule has 0 saturated heterocycles. The molecule has 1 saturated carbocycles. The largest absolute Gasteiger partial charge is 0.390 e. The Bertz CT molecular complexity index is 521. The molecular formula is C20H25NO. The van der Waals surface area contributed by atoms with Gasteiger partial charge < -0.3 is 5.11 Å². The quantitative estimate of drug-likeness (QED) is 0.796. The molecule has 116 valence electrons. The molecule has 0 bridgehead atoms. The number of hydrogen-bond donors (Lipinski definition) is 1. The van der Waals surface area contributed by atoms with Gasteiger partial charge in [-0.05, 0) is 43.4 Å². The Morgan fingerprint density at radius 1 is 0.818 bits per heavy atom. The summed E-state index contributed by atoms with van der Waals surface area (Å²) < 4.78 is 0. The van der Waals surface area contributed by atoms with Gasteiger partial charge in [0.25, 0.3) is 0 Å². The summed E-state index contributed by atoms with van der Waals surface area (Å²) in [6.07, 6.45) is 3.98. The van der Waals surface area contributed by atoms with Crippen LogP contribution >= 0.6 is 0 Å². The minimum Gasteiger partial charge on any atom is -0.390 e. The van der Waals surface area contributed by atoms with Crippen molar-refractivity contribution in [3.8, 4) is 0 Å². The van der Waals surface area contributed by atoms with E-state index in [4.69, 9.17) is 0 Å². The van der Waals surface area contributed by atoms with Crippen LogP contribution in [0.2, 0.25) is 0 Å². The van der Waals surface area contributed by atoms with Crippen LogP contribution in [0.25, 0.3) is 0 Å². The van der Waals surface area contributed by atoms with Crippen molar-refractivity contribution in [2.75, 3.05) is 6.54 Å². The Labute approximate surface area is 133 Å². The molecule has 0 atom stereocenters. The standard InChI is InChI=1S/C20H25NO/c22-20(13-14-20)12-7-15-21(16-18-8-3-1-4-9-18)17-19-10-5-2-6-11-19/h1-6,8-11,22H,7,12-17H2. The van der Waals surface area contributed by atoms with Crippen LogP contribution in [0.3, 0.4) is 0 Å². The Morgan fingerprint density at radius 2 is 1.32 bits per heavy atom. The van der Waals surface area contributed by atoms with Crippen molar-refractivity contribution >= 4 is 0 Å². The van der Waals surface area contributed by atoms with Crippen molar-refractivity contribution in [1.29, 1.82) is 0 Å². The van der Waals surface area contributed by atoms with Gasteiger partial charge in [0, 0.05) is 13.1 Å². The number of rotatable bonds is 8. The maximum atomic E-state index is 10.0. The molecule has 0 heterocycles. The molecule has 3 rings (SSSR count). The molecule has 22 heavy (non-hydrogen) atoms. The zero-order valence-electron chi connectivity index (χ0n) is 13.1. The third kappa shape index (κ3) is 4.69. The van der Waals surface area contributed by atoms with E-state index in [1.165, 1.54) is 11.1 Å². The Balaban J connectivity index is 1.59. The minimum atomic E-state index is -0.328. The van der Waals surface area contributed by atoms with Crippen molar-refractivity contribution in [1.82, 2.24) is 4.90 Å². The van der Waals surface area contributed by atoms with E-state index in [0.29, 0.717) is 0 Å². The van der Waals surface area contributed by atoms with Crippen LogP contribution in [0.5, 0.6) is 0 Å². The summed E-state index contributed by atoms with van der Waals surface area (Å²) in [6, 6.07) is 21.3. The molecule has 0 spiro atoms. The van der Waals surface area contributed by atoms with E-state index in [-0.39, 0.29) is 5.60 Å². The molecule has 0 radical (unpaired) electrons. The lowest BCUT2D eigenvalue weighted by molar-refractivity contribution is 0.128. The number of benzene rings is 2. The minimum absolute atomic E-state index is 0.328. The Hall–Kier alpha value is -1.64. The summed E-state index contributed by atoms with van der Waals surface area (Å²) >= 11 is 0. The van der Waals surface area contributed by atoms with Crippen LogP contribution in [0, 0.1) is 0 Å². The highest BCUT2D eigenvalue weighted by Gasteiger charge is 2.39. The van der Waals surface area contributed by atoms with Gasteiger partial charge in [0.1, 0.15) is 0 Å². The van der Waals surface area contributed by atoms with Gasteiger partial charge in [0.2, 0.25) is 0 Å². The van der Waals surface area contributed by atoms with E-state index in [0.717, 1.165) is 45.3 Å². The van der Waals surface area contributed by atoms with E-state index >= 15 is 0 Å². The summed E-state index contributed by atoms with van der Waals surface area (Å²) in [6.45, 7) is 2.97. The van der Waals surface area contributed by atoms with Crippen LogP contribution < -0.4 is 0 Å². The summed E-state index contributed by atoms with van der Waals surface area (Å²) in [5.41, 5.74) is 2.37. The normalized spacial score (nSPS) is 15.9. The molecule has 0 aromatic heterocycles. The highest BCUT2D eigenvalue weighted by molar-refractivity contribution is 5.17. The zero-order chi connectivity index (χ0) is 15.3. The average molecular weight is 295 g/mol. The molecule has 2 heteroatoms. The second kappa shape index (κ2) is 7.08. The van der Waals surface area contributed by atoms with E-state index in [2.05, 4.69) is 65.6 Å². The first-order chi connectivity index (χ1) is 10.7. The molecule has 2 nitrogen and oxygen atoms in total. The maximum Gasteiger partial charge on any atom is 0.0650 e. The number of aliphatic hydroxyl groups is 1. The number of hydrogen-bond acceptors (Lipinski definition) is 2. The lowest BCUT2D eigenvalue weighted by atomic mass is 10.1. The molecule has 1 N–H and O–H groups in total. The van der Waals surface area contributed by atoms with Crippen molar-refractivity contribution in [3.05, 3.63) is 71.8 Å². The zero-order valence-corrected chi connectivity index (χ0v) is 13.1. The third-order valence-corrected chi connectivity index (χ3v) is 4.44. The van der Waals surface area contributed by atoms with Crippen LogP contribution in [0.4, 0.5) is 0 Å². The van der Waals surface area contributed by atoms with Gasteiger partial charge in [-0.15, -0.1) is 0 Å². The van der Waals surface area contributed by atoms with Crippen molar-refractivity contribution in [3.63, 3.8) is 0 Å². The molecular weight excluding hydrogens is 270 g/mol. The second-order valence-corrected chi connectivity index (χ2v) is 6.51. The summed E-state index contributed by atoms with van der Waals surface area (Å²) in [7, 11) is 0. The monoisotopic (exact) mass is 295 g/mol. The summed E-state index contributed by atoms with van der Waals surface area (Å²) in [5, 5.41) is 10.0. The first-order valence-electron chi connectivity index (χ1n) is 8.26. The van der Waals surface area contributed by atoms with Crippen molar-refractivity contribution in [2.45, 2.75) is 44.4 Å². The van der Waals surface area contributed by atoms with Gasteiger partial charge in [-0.2, -0.15) is 0 Å². The van der Waals surface area contributed by atoms with Gasteiger partial charge in [-0.25, -0.2) is 0 Å². The average Bonchev–Trinajstić information content (AvgIpc) is 3.27. The van der Waals surface area contributed by atoms with Crippen molar-refractivity contribution < 1.29 is 5.11 Å². The van der Waals surface area contributed by atoms with Gasteiger partial charge in [-0.3, -0.25) is 4.90 Å². The van der Waals surface area contributed by atoms with Crippen molar-refractivity contribution in [2.24, 2.45) is 0 Å². The lowest BCUT2D eigenvalue weighted by Crippen LogP contribution is -2.25. The predicted molar refractivity (Wildman–Crippen MR) is 90.4 cm³/mol. The molecule has 1 fully saturated rings. The second-order valence-electron chi connectivity index (χ2n) is 6.51. The number of nitrogens with zero attached hydrogens (tertiary/aromatic N) is 1. The maximum absolute atomic E-state index is 10.0. The fourth-order valence-electron chi connectivity index (χ4n) is 2.92. The topological polar surface area (TPSA) is 23.5 Å². The molecule has 2 aromatic rings. The fraction of sp³-hybridized carbons (Fsp3) is 0.400. The van der Waals surface area contributed by atoms with E-state index < -0.39 is 0 Å². The van der Waals surface area contributed by atoms with Crippen LogP contribution in [-0.4, -0.2) is 22.2 Å². The first kappa shape index (κ1) is 15.3. The first-order valence-corrected chi connectivity index (χ1v) is 8.26. The molecule has 0 aliphatic heterocycles. The predicted octanol–water partition coefficient (Wildman–Crippen LogP) is 3.99. The van der Waals surface area contributed by atoms with Crippen LogP contribution in [0.15, 0.2) is 60.7 Å². The van der Waals surface area contributed by atoms with Gasteiger partial charge in [0.05, 0.1) is 5.60 Å². The summed E-state index contributed by atoms with van der Waals surface area (Å²) in [4.78, 5) is 2.48. The third-order valence-electron chi connectivity index (χ3n) is 4.44. The van der Waals surface area contributed by atoms with E-state index in [1.807, 2.05) is 0 Å². The van der Waals surface area contributed by atoms with Crippen LogP contribution in [0.1, 0.15) is 36.8 Å². The molecule has 0 unspecified atom stereocenters. The highest BCUT2D eigenvalue weighted by Crippen LogP contribution is 2.39. The smallest absolute Gasteiger partial charge is 0.0650 e. The Morgan fingerprint density at radius 3 is 1.77 bits per heavy atom. The lowest BCUT2D eigenvalue weighted by Gasteiger charge is -2.23. The SMILES string of the molecule is OC1(CCCN(Cc2ccccc2)Cc2ccccc2)CC1. The highest BCUT2D eigenvalue weighted by atomic mass is 16.3. The molecule has 1 aliphatic rings. The van der Waals surface area contributed by atoms with Gasteiger partial charge >= 0.3 is 0 Å². The molecule has 2 aromatic carbocycles. The van der Waals surface area contributed by atoms with Crippen LogP contribution in [-0.2, 0) is 13.1 Å². The molecule has 1 aliphatic carbocycles. The Kier molecular flexibility index (Phi) is 4.91. The molecule has 0 amide bonds. The summed E-state index contributed by atoms with van der Waals surface area (Å²) in [5.74, 6) is 0. The van der Waals surface area contributed by atoms with E-state index in [9.17, 15) is 5.11 Å². The van der Waals surface area contributed by atoms with Gasteiger partial charge in [-0.1, -0.05) is 60.7 Å².